The van der Waals surface area contributed by atoms with Crippen LogP contribution < -0.4 is 18.9 Å². The first kappa shape index (κ1) is 45.5. The molecule has 0 radical (unpaired) electrons. The van der Waals surface area contributed by atoms with Gasteiger partial charge in [-0.2, -0.15) is 0 Å². The molecule has 0 amide bonds. The first-order valence-corrected chi connectivity index (χ1v) is 20.3. The number of sulfonamides is 2. The first-order chi connectivity index (χ1) is 27.8. The molecule has 0 fully saturated rings. The second-order valence-corrected chi connectivity index (χ2v) is 18.1. The lowest BCUT2D eigenvalue weighted by Gasteiger charge is -2.21. The fraction of sp³-hybridized carbons (Fsp3) is 0.316. The number of alkyl halides is 6. The lowest BCUT2D eigenvalue weighted by atomic mass is 9.93. The normalized spacial score (nSPS) is 19.4. The molecule has 14 nitrogen and oxygen atoms in total. The van der Waals surface area contributed by atoms with Crippen LogP contribution >= 0.6 is 0 Å². The second kappa shape index (κ2) is 17.2. The van der Waals surface area contributed by atoms with Gasteiger partial charge >= 0.3 is 12.7 Å². The summed E-state index contributed by atoms with van der Waals surface area (Å²) < 4.78 is 143. The lowest BCUT2D eigenvalue weighted by molar-refractivity contribution is -0.275. The number of nitrogens with zero attached hydrogens (tertiary/aromatic N) is 4. The monoisotopic (exact) mass is 888 g/mol. The Balaban J connectivity index is 0.000000228. The molecule has 0 N–H and O–H groups in total. The van der Waals surface area contributed by atoms with Gasteiger partial charge in [0, 0.05) is 28.2 Å². The molecule has 0 aromatic heterocycles. The van der Waals surface area contributed by atoms with Gasteiger partial charge in [-0.05, 0) is 97.8 Å². The van der Waals surface area contributed by atoms with E-state index < -0.39 is 44.0 Å². The van der Waals surface area contributed by atoms with Crippen molar-refractivity contribution in [2.75, 3.05) is 28.2 Å². The van der Waals surface area contributed by atoms with Gasteiger partial charge in [0.2, 0.25) is 31.8 Å². The van der Waals surface area contributed by atoms with Gasteiger partial charge in [0.05, 0.1) is 22.6 Å². The molecule has 2 atom stereocenters. The van der Waals surface area contributed by atoms with Gasteiger partial charge in [0.15, 0.2) is 11.2 Å². The van der Waals surface area contributed by atoms with Crippen molar-refractivity contribution in [2.24, 2.45) is 10.3 Å². The Bertz CT molecular complexity index is 2240. The van der Waals surface area contributed by atoms with E-state index in [2.05, 4.69) is 19.8 Å². The van der Waals surface area contributed by atoms with Gasteiger partial charge < -0.3 is 28.6 Å². The zero-order valence-electron chi connectivity index (χ0n) is 32.6. The van der Waals surface area contributed by atoms with E-state index in [0.717, 1.165) is 8.61 Å². The average molecular weight is 889 g/mol. The van der Waals surface area contributed by atoms with E-state index in [1.54, 1.807) is 13.8 Å². The van der Waals surface area contributed by atoms with Crippen molar-refractivity contribution >= 4 is 31.8 Å². The molecule has 0 saturated heterocycles. The summed E-state index contributed by atoms with van der Waals surface area (Å²) in [6.07, 6.45) is -9.07. The van der Waals surface area contributed by atoms with Crippen molar-refractivity contribution in [1.82, 2.24) is 8.61 Å². The van der Waals surface area contributed by atoms with Crippen LogP contribution in [0.4, 0.5) is 26.3 Å². The number of hydrogen-bond donors (Lipinski definition) is 0. The van der Waals surface area contributed by atoms with Gasteiger partial charge in [0.1, 0.15) is 23.0 Å². The minimum Gasteiger partial charge on any atom is -0.440 e. The van der Waals surface area contributed by atoms with Crippen LogP contribution in [0.3, 0.4) is 0 Å². The van der Waals surface area contributed by atoms with Crippen LogP contribution in [0, 0.1) is 0 Å². The van der Waals surface area contributed by atoms with Crippen molar-refractivity contribution in [3.05, 3.63) is 108 Å². The average Bonchev–Trinajstić information content (AvgIpc) is 3.73. The molecular formula is C38H38F6N4O10S2. The molecule has 324 valence electrons. The molecule has 0 bridgehead atoms. The van der Waals surface area contributed by atoms with E-state index in [-0.39, 0.29) is 45.9 Å². The third-order valence-electron chi connectivity index (χ3n) is 8.75. The molecule has 6 rings (SSSR count). The molecular weight excluding hydrogens is 851 g/mol. The number of benzene rings is 4. The molecule has 60 heavy (non-hydrogen) atoms. The van der Waals surface area contributed by atoms with Crippen molar-refractivity contribution in [3.63, 3.8) is 0 Å². The Hall–Kier alpha value is -5.58. The third kappa shape index (κ3) is 11.4. The molecule has 4 aromatic rings. The summed E-state index contributed by atoms with van der Waals surface area (Å²) in [5, 5.41) is 7.80. The second-order valence-electron chi connectivity index (χ2n) is 13.8. The SMILES string of the molecule is CN(C)S(=O)(=O)c1ccc(OC2=NO[C@@](C)(c3ccc(OC(F)(F)F)cc3)C2)cc1.CN(C)S(=O)(=O)c1ccc(OC2=NO[C@](C)(c3ccc(OC(F)(F)F)cc3)C2)cc1. The number of halogens is 6. The topological polar surface area (TPSA) is 155 Å². The van der Waals surface area contributed by atoms with Crippen LogP contribution in [0.1, 0.15) is 37.8 Å². The van der Waals surface area contributed by atoms with Crippen LogP contribution in [0.5, 0.6) is 23.0 Å². The van der Waals surface area contributed by atoms with Crippen molar-refractivity contribution in [3.8, 4) is 23.0 Å². The predicted molar refractivity (Wildman–Crippen MR) is 203 cm³/mol. The smallest absolute Gasteiger partial charge is 0.440 e. The zero-order valence-corrected chi connectivity index (χ0v) is 34.2. The number of ether oxygens (including phenoxy) is 4. The summed E-state index contributed by atoms with van der Waals surface area (Å²) in [6.45, 7) is 3.44. The maximum atomic E-state index is 12.3. The highest BCUT2D eigenvalue weighted by molar-refractivity contribution is 7.89. The minimum absolute atomic E-state index is 0.121. The van der Waals surface area contributed by atoms with Crippen LogP contribution in [0.2, 0.25) is 0 Å². The molecule has 0 unspecified atom stereocenters. The Morgan fingerprint density at radius 3 is 1.07 bits per heavy atom. The maximum Gasteiger partial charge on any atom is 0.573 e. The summed E-state index contributed by atoms with van der Waals surface area (Å²) in [5.74, 6) is 0.560. The standard InChI is InChI=1S/2C19H19F3N2O5S/c2*1-18(13-4-6-15(7-5-13)28-19(20,21)22)12-17(23-29-18)27-14-8-10-16(11-9-14)30(25,26)24(2)3/h2*4-11H,12H2,1-3H3/t2*18-/m10/s1. The highest BCUT2D eigenvalue weighted by Gasteiger charge is 2.40. The van der Waals surface area contributed by atoms with Gasteiger partial charge in [-0.3, -0.25) is 0 Å². The van der Waals surface area contributed by atoms with Crippen LogP contribution in [-0.4, -0.2) is 78.2 Å². The Morgan fingerprint density at radius 2 is 0.800 bits per heavy atom. The summed E-state index contributed by atoms with van der Waals surface area (Å²) in [6, 6.07) is 22.3. The largest absolute Gasteiger partial charge is 0.573 e. The highest BCUT2D eigenvalue weighted by atomic mass is 32.2. The molecule has 22 heteroatoms. The molecule has 0 saturated carbocycles. The van der Waals surface area contributed by atoms with Gasteiger partial charge in [-0.1, -0.05) is 34.6 Å². The zero-order chi connectivity index (χ0) is 44.3. The molecule has 2 aliphatic rings. The van der Waals surface area contributed by atoms with Crippen LogP contribution in [0.15, 0.2) is 117 Å². The molecule has 4 aromatic carbocycles. The van der Waals surface area contributed by atoms with E-state index in [1.807, 2.05) is 0 Å². The fourth-order valence-electron chi connectivity index (χ4n) is 5.50. The van der Waals surface area contributed by atoms with E-state index in [4.69, 9.17) is 19.1 Å². The first-order valence-electron chi connectivity index (χ1n) is 17.4. The van der Waals surface area contributed by atoms with Crippen LogP contribution in [-0.2, 0) is 40.9 Å². The number of oxime groups is 2. The van der Waals surface area contributed by atoms with E-state index in [1.165, 1.54) is 125 Å². The van der Waals surface area contributed by atoms with E-state index in [0.29, 0.717) is 22.6 Å². The van der Waals surface area contributed by atoms with Gasteiger partial charge in [0.25, 0.3) is 0 Å². The summed E-state index contributed by atoms with van der Waals surface area (Å²) in [7, 11) is -1.35. The quantitative estimate of drug-likeness (QED) is 0.145. The van der Waals surface area contributed by atoms with Gasteiger partial charge in [-0.25, -0.2) is 25.4 Å². The molecule has 2 aliphatic heterocycles. The third-order valence-corrected chi connectivity index (χ3v) is 12.4. The van der Waals surface area contributed by atoms with Gasteiger partial charge in [-0.15, -0.1) is 26.3 Å². The highest BCUT2D eigenvalue weighted by Crippen LogP contribution is 2.38. The molecule has 0 aliphatic carbocycles. The minimum atomic E-state index is -4.76. The Kier molecular flexibility index (Phi) is 13.0. The van der Waals surface area contributed by atoms with Crippen molar-refractivity contribution in [2.45, 2.75) is 60.4 Å². The Morgan fingerprint density at radius 1 is 0.517 bits per heavy atom. The fourth-order valence-corrected chi connectivity index (χ4v) is 7.30. The molecule has 2 heterocycles. The predicted octanol–water partition coefficient (Wildman–Crippen LogP) is 7.73. The van der Waals surface area contributed by atoms with E-state index in [9.17, 15) is 43.2 Å². The van der Waals surface area contributed by atoms with Crippen molar-refractivity contribution < 1.29 is 71.8 Å². The number of rotatable bonds is 10. The summed E-state index contributed by atoms with van der Waals surface area (Å²) in [4.78, 5) is 11.2. The molecule has 0 spiro atoms. The van der Waals surface area contributed by atoms with Crippen molar-refractivity contribution in [1.29, 1.82) is 0 Å². The number of hydrogen-bond acceptors (Lipinski definition) is 12. The summed E-state index contributed by atoms with van der Waals surface area (Å²) >= 11 is 0. The van der Waals surface area contributed by atoms with E-state index >= 15 is 0 Å². The Labute approximate surface area is 341 Å². The van der Waals surface area contributed by atoms with Crippen LogP contribution in [0.25, 0.3) is 0 Å². The summed E-state index contributed by atoms with van der Waals surface area (Å²) in [5.41, 5.74) is -0.681. The lowest BCUT2D eigenvalue weighted by Crippen LogP contribution is -2.23. The maximum absolute atomic E-state index is 12.3.